The number of anilines is 1. The molecule has 0 bridgehead atoms. The van der Waals surface area contributed by atoms with Gasteiger partial charge in [0.05, 0.1) is 30.2 Å². The van der Waals surface area contributed by atoms with Crippen LogP contribution < -0.4 is 20.7 Å². The predicted molar refractivity (Wildman–Crippen MR) is 126 cm³/mol. The third-order valence-electron chi connectivity index (χ3n) is 6.27. The number of fused-ring (bicyclic) bond motifs is 1. The first-order chi connectivity index (χ1) is 15.9. The van der Waals surface area contributed by atoms with Crippen LogP contribution in [0.25, 0.3) is 0 Å². The summed E-state index contributed by atoms with van der Waals surface area (Å²) in [5.41, 5.74) is 2.83. The van der Waals surface area contributed by atoms with Crippen LogP contribution in [0.2, 0.25) is 0 Å². The van der Waals surface area contributed by atoms with E-state index in [0.29, 0.717) is 37.8 Å². The molecule has 0 radical (unpaired) electrons. The summed E-state index contributed by atoms with van der Waals surface area (Å²) in [7, 11) is -1.62. The second-order valence-corrected chi connectivity index (χ2v) is 10.9. The molecule has 2 aromatic carbocycles. The number of sulfone groups is 1. The maximum Gasteiger partial charge on any atom is 0.315 e. The maximum atomic E-state index is 12.5. The summed E-state index contributed by atoms with van der Waals surface area (Å²) in [5, 5.41) is 7.72. The highest BCUT2D eigenvalue weighted by Gasteiger charge is 2.51. The molecule has 9 heteroatoms. The van der Waals surface area contributed by atoms with Crippen molar-refractivity contribution < 1.29 is 22.7 Å². The van der Waals surface area contributed by atoms with E-state index in [9.17, 15) is 18.0 Å². The molecule has 3 amide bonds. The number of amides is 3. The molecule has 2 fully saturated rings. The van der Waals surface area contributed by atoms with Crippen LogP contribution in [0, 0.1) is 0 Å². The van der Waals surface area contributed by atoms with Crippen LogP contribution in [0.5, 0.6) is 5.75 Å². The molecule has 3 atom stereocenters. The molecule has 0 saturated carbocycles. The van der Waals surface area contributed by atoms with Crippen molar-refractivity contribution >= 4 is 27.5 Å². The molecule has 0 aromatic heterocycles. The number of hydrogen-bond donors (Lipinski definition) is 3. The molecule has 2 saturated heterocycles. The number of hydrogen-bond acceptors (Lipinski definition) is 5. The van der Waals surface area contributed by atoms with Crippen molar-refractivity contribution in [2.24, 2.45) is 0 Å². The first kappa shape index (κ1) is 23.1. The number of methoxy groups -OCH3 is 1. The molecule has 2 aromatic rings. The first-order valence-corrected chi connectivity index (χ1v) is 12.9. The summed E-state index contributed by atoms with van der Waals surface area (Å²) in [6.45, 7) is 0. The summed E-state index contributed by atoms with van der Waals surface area (Å²) >= 11 is 0. The highest BCUT2D eigenvalue weighted by molar-refractivity contribution is 7.92. The fraction of sp³-hybridized carbons (Fsp3) is 0.417. The summed E-state index contributed by atoms with van der Waals surface area (Å²) < 4.78 is 30.2. The molecule has 33 heavy (non-hydrogen) atoms. The Morgan fingerprint density at radius 1 is 1.12 bits per heavy atom. The lowest BCUT2D eigenvalue weighted by molar-refractivity contribution is -0.116. The maximum absolute atomic E-state index is 12.5. The number of rotatable bonds is 9. The van der Waals surface area contributed by atoms with E-state index in [-0.39, 0.29) is 29.8 Å². The van der Waals surface area contributed by atoms with Crippen molar-refractivity contribution in [3.63, 3.8) is 0 Å². The van der Waals surface area contributed by atoms with E-state index >= 15 is 0 Å². The third kappa shape index (κ3) is 5.47. The molecule has 4 rings (SSSR count). The number of urea groups is 1. The first-order valence-electron chi connectivity index (χ1n) is 11.1. The Morgan fingerprint density at radius 2 is 1.91 bits per heavy atom. The fourth-order valence-corrected chi connectivity index (χ4v) is 6.94. The summed E-state index contributed by atoms with van der Waals surface area (Å²) in [6, 6.07) is 14.6. The minimum atomic E-state index is -3.25. The lowest BCUT2D eigenvalue weighted by atomic mass is 10.0. The van der Waals surface area contributed by atoms with Gasteiger partial charge in [0, 0.05) is 24.1 Å². The number of carbonyl (C=O) groups excluding carboxylic acids is 2. The lowest BCUT2D eigenvalue weighted by Gasteiger charge is -2.16. The molecule has 8 nitrogen and oxygen atoms in total. The van der Waals surface area contributed by atoms with Crippen molar-refractivity contribution in [3.8, 4) is 5.75 Å². The Balaban J connectivity index is 1.28. The van der Waals surface area contributed by atoms with E-state index in [0.717, 1.165) is 16.9 Å². The SMILES string of the molecule is COc1ccc(NC(=O)CCCC[C@@H]2[C@H]3NC(=O)N[C@@H]3CS2(=O)=O)cc1Cc1ccccc1. The van der Waals surface area contributed by atoms with Crippen LogP contribution in [0.15, 0.2) is 48.5 Å². The Kier molecular flexibility index (Phi) is 6.88. The molecular weight excluding hydrogens is 442 g/mol. The van der Waals surface area contributed by atoms with Gasteiger partial charge in [-0.1, -0.05) is 36.8 Å². The Hall–Kier alpha value is -3.07. The average Bonchev–Trinajstić information content (AvgIpc) is 3.23. The zero-order chi connectivity index (χ0) is 23.4. The molecule has 0 aliphatic carbocycles. The summed E-state index contributed by atoms with van der Waals surface area (Å²) in [5.74, 6) is 0.625. The van der Waals surface area contributed by atoms with Gasteiger partial charge < -0.3 is 20.7 Å². The smallest absolute Gasteiger partial charge is 0.315 e. The largest absolute Gasteiger partial charge is 0.496 e. The predicted octanol–water partition coefficient (Wildman–Crippen LogP) is 2.63. The Labute approximate surface area is 194 Å². The zero-order valence-corrected chi connectivity index (χ0v) is 19.4. The van der Waals surface area contributed by atoms with Crippen LogP contribution in [-0.4, -0.2) is 50.6 Å². The quantitative estimate of drug-likeness (QED) is 0.384. The van der Waals surface area contributed by atoms with E-state index in [1.54, 1.807) is 7.11 Å². The summed E-state index contributed by atoms with van der Waals surface area (Å²) in [4.78, 5) is 24.0. The highest BCUT2D eigenvalue weighted by Crippen LogP contribution is 2.29. The van der Waals surface area contributed by atoms with Gasteiger partial charge in [0.2, 0.25) is 5.91 Å². The van der Waals surface area contributed by atoms with Gasteiger partial charge in [-0.3, -0.25) is 4.79 Å². The number of nitrogens with one attached hydrogen (secondary N) is 3. The molecule has 176 valence electrons. The highest BCUT2D eigenvalue weighted by atomic mass is 32.2. The minimum Gasteiger partial charge on any atom is -0.496 e. The zero-order valence-electron chi connectivity index (χ0n) is 18.5. The number of benzene rings is 2. The molecule has 3 N–H and O–H groups in total. The number of carbonyl (C=O) groups is 2. The van der Waals surface area contributed by atoms with E-state index in [4.69, 9.17) is 4.74 Å². The average molecular weight is 472 g/mol. The standard InChI is InChI=1S/C24H29N3O5S/c1-32-20-12-11-18(14-17(20)13-16-7-3-2-4-8-16)25-22(28)10-6-5-9-21-23-19(15-33(21,30)31)26-24(29)27-23/h2-4,7-8,11-12,14,19,21,23H,5-6,9-10,13,15H2,1H3,(H,25,28)(H2,26,27,29)/t19-,21-,23+/m1/s1. The van der Waals surface area contributed by atoms with E-state index in [2.05, 4.69) is 16.0 Å². The Morgan fingerprint density at radius 3 is 2.67 bits per heavy atom. The van der Waals surface area contributed by atoms with Gasteiger partial charge in [-0.05, 0) is 36.6 Å². The molecule has 2 aliphatic heterocycles. The van der Waals surface area contributed by atoms with Crippen molar-refractivity contribution in [3.05, 3.63) is 59.7 Å². The van der Waals surface area contributed by atoms with Gasteiger partial charge in [-0.2, -0.15) is 0 Å². The number of ether oxygens (including phenoxy) is 1. The van der Waals surface area contributed by atoms with Crippen molar-refractivity contribution in [2.45, 2.75) is 49.4 Å². The Bertz CT molecular complexity index is 1120. The van der Waals surface area contributed by atoms with E-state index < -0.39 is 15.1 Å². The normalized spacial score (nSPS) is 22.8. The van der Waals surface area contributed by atoms with Crippen molar-refractivity contribution in [1.29, 1.82) is 0 Å². The van der Waals surface area contributed by atoms with Crippen LogP contribution in [0.1, 0.15) is 36.8 Å². The van der Waals surface area contributed by atoms with Gasteiger partial charge in [0.15, 0.2) is 9.84 Å². The third-order valence-corrected chi connectivity index (χ3v) is 8.54. The lowest BCUT2D eigenvalue weighted by Crippen LogP contribution is -2.39. The van der Waals surface area contributed by atoms with Gasteiger partial charge in [-0.15, -0.1) is 0 Å². The van der Waals surface area contributed by atoms with Gasteiger partial charge in [-0.25, -0.2) is 13.2 Å². The monoisotopic (exact) mass is 471 g/mol. The van der Waals surface area contributed by atoms with Crippen LogP contribution >= 0.6 is 0 Å². The molecule has 0 spiro atoms. The molecule has 2 heterocycles. The molecule has 2 aliphatic rings. The van der Waals surface area contributed by atoms with E-state index in [1.165, 1.54) is 0 Å². The number of unbranched alkanes of at least 4 members (excludes halogenated alkanes) is 1. The molecule has 0 unspecified atom stereocenters. The van der Waals surface area contributed by atoms with Gasteiger partial charge in [0.25, 0.3) is 0 Å². The van der Waals surface area contributed by atoms with Gasteiger partial charge >= 0.3 is 6.03 Å². The second-order valence-electron chi connectivity index (χ2n) is 8.60. The van der Waals surface area contributed by atoms with Crippen LogP contribution in [-0.2, 0) is 21.1 Å². The second kappa shape index (κ2) is 9.82. The topological polar surface area (TPSA) is 114 Å². The van der Waals surface area contributed by atoms with Crippen molar-refractivity contribution in [1.82, 2.24) is 10.6 Å². The summed E-state index contributed by atoms with van der Waals surface area (Å²) in [6.07, 6.45) is 2.59. The van der Waals surface area contributed by atoms with Gasteiger partial charge in [0.1, 0.15) is 5.75 Å². The van der Waals surface area contributed by atoms with Crippen LogP contribution in [0.3, 0.4) is 0 Å². The van der Waals surface area contributed by atoms with Crippen molar-refractivity contribution in [2.75, 3.05) is 18.2 Å². The molecular formula is C24H29N3O5S. The van der Waals surface area contributed by atoms with E-state index in [1.807, 2.05) is 48.5 Å². The fourth-order valence-electron chi connectivity index (χ4n) is 4.67. The van der Waals surface area contributed by atoms with Crippen LogP contribution in [0.4, 0.5) is 10.5 Å². The minimum absolute atomic E-state index is 0.0235.